The molecule has 6 nitrogen and oxygen atoms in total. The molecule has 142 valence electrons. The number of rotatable bonds is 6. The molecular formula is C19H18F2N2O4. The SMILES string of the molecule is CCCCOC(=O)c1ccccc1NC(=O)C(=O)Nc1ccc(F)cc1F. The molecule has 0 fully saturated rings. The van der Waals surface area contributed by atoms with Crippen molar-refractivity contribution in [3.63, 3.8) is 0 Å². The Labute approximate surface area is 154 Å². The first-order chi connectivity index (χ1) is 12.9. The summed E-state index contributed by atoms with van der Waals surface area (Å²) in [5.41, 5.74) is -0.176. The third kappa shape index (κ3) is 5.60. The number of nitrogens with one attached hydrogen (secondary N) is 2. The summed E-state index contributed by atoms with van der Waals surface area (Å²) in [7, 11) is 0. The maximum absolute atomic E-state index is 13.6. The minimum atomic E-state index is -1.17. The van der Waals surface area contributed by atoms with Gasteiger partial charge in [-0.15, -0.1) is 0 Å². The molecule has 2 aromatic rings. The Morgan fingerprint density at radius 2 is 1.63 bits per heavy atom. The maximum atomic E-state index is 13.6. The van der Waals surface area contributed by atoms with Crippen LogP contribution in [0.25, 0.3) is 0 Å². The summed E-state index contributed by atoms with van der Waals surface area (Å²) in [5.74, 6) is -4.76. The molecule has 0 aliphatic carbocycles. The largest absolute Gasteiger partial charge is 0.462 e. The quantitative estimate of drug-likeness (QED) is 0.459. The van der Waals surface area contributed by atoms with Crippen LogP contribution in [0, 0.1) is 11.6 Å². The highest BCUT2D eigenvalue weighted by Gasteiger charge is 2.19. The molecule has 0 saturated heterocycles. The molecule has 0 atom stereocenters. The van der Waals surface area contributed by atoms with Crippen LogP contribution in [0.2, 0.25) is 0 Å². The summed E-state index contributed by atoms with van der Waals surface area (Å²) in [6.45, 7) is 2.19. The van der Waals surface area contributed by atoms with Crippen LogP contribution in [-0.4, -0.2) is 24.4 Å². The summed E-state index contributed by atoms with van der Waals surface area (Å²) in [6.07, 6.45) is 1.55. The second-order valence-electron chi connectivity index (χ2n) is 5.57. The lowest BCUT2D eigenvalue weighted by Crippen LogP contribution is -2.30. The number of benzene rings is 2. The Hall–Kier alpha value is -3.29. The molecule has 0 unspecified atom stereocenters. The average Bonchev–Trinajstić information content (AvgIpc) is 2.64. The van der Waals surface area contributed by atoms with E-state index in [0.717, 1.165) is 18.6 Å². The van der Waals surface area contributed by atoms with E-state index in [2.05, 4.69) is 5.32 Å². The fourth-order valence-electron chi connectivity index (χ4n) is 2.11. The molecule has 0 bridgehead atoms. The van der Waals surface area contributed by atoms with E-state index >= 15 is 0 Å². The zero-order valence-electron chi connectivity index (χ0n) is 14.6. The second-order valence-corrected chi connectivity index (χ2v) is 5.57. The summed E-state index contributed by atoms with van der Waals surface area (Å²) >= 11 is 0. The van der Waals surface area contributed by atoms with Gasteiger partial charge in [0, 0.05) is 6.07 Å². The van der Waals surface area contributed by atoms with Gasteiger partial charge in [-0.2, -0.15) is 0 Å². The highest BCUT2D eigenvalue weighted by molar-refractivity contribution is 6.44. The van der Waals surface area contributed by atoms with Crippen molar-refractivity contribution >= 4 is 29.2 Å². The minimum absolute atomic E-state index is 0.0822. The lowest BCUT2D eigenvalue weighted by atomic mass is 10.1. The van der Waals surface area contributed by atoms with Crippen molar-refractivity contribution < 1.29 is 27.9 Å². The Balaban J connectivity index is 2.06. The zero-order chi connectivity index (χ0) is 19.8. The highest BCUT2D eigenvalue weighted by atomic mass is 19.1. The van der Waals surface area contributed by atoms with Crippen LogP contribution in [-0.2, 0) is 14.3 Å². The van der Waals surface area contributed by atoms with Gasteiger partial charge >= 0.3 is 17.8 Å². The van der Waals surface area contributed by atoms with Crippen LogP contribution in [0.1, 0.15) is 30.1 Å². The van der Waals surface area contributed by atoms with Gasteiger partial charge in [-0.25, -0.2) is 13.6 Å². The van der Waals surface area contributed by atoms with E-state index in [1.54, 1.807) is 12.1 Å². The third-order valence-electron chi connectivity index (χ3n) is 3.51. The van der Waals surface area contributed by atoms with Crippen molar-refractivity contribution in [2.75, 3.05) is 17.2 Å². The lowest BCUT2D eigenvalue weighted by molar-refractivity contribution is -0.133. The molecule has 0 radical (unpaired) electrons. The summed E-state index contributed by atoms with van der Waals surface area (Å²) < 4.78 is 31.6. The van der Waals surface area contributed by atoms with Crippen molar-refractivity contribution in [3.05, 3.63) is 59.7 Å². The fourth-order valence-corrected chi connectivity index (χ4v) is 2.11. The molecule has 2 N–H and O–H groups in total. The number of carbonyl (C=O) groups excluding carboxylic acids is 3. The number of ether oxygens (including phenoxy) is 1. The van der Waals surface area contributed by atoms with E-state index in [0.29, 0.717) is 12.5 Å². The number of halogens is 2. The van der Waals surface area contributed by atoms with Gasteiger partial charge in [-0.3, -0.25) is 9.59 Å². The minimum Gasteiger partial charge on any atom is -0.462 e. The van der Waals surface area contributed by atoms with Gasteiger partial charge in [0.05, 0.1) is 23.5 Å². The van der Waals surface area contributed by atoms with E-state index in [1.807, 2.05) is 12.2 Å². The Bertz CT molecular complexity index is 855. The molecular weight excluding hydrogens is 358 g/mol. The second kappa shape index (κ2) is 9.42. The normalized spacial score (nSPS) is 10.2. The lowest BCUT2D eigenvalue weighted by Gasteiger charge is -2.11. The third-order valence-corrected chi connectivity index (χ3v) is 3.51. The van der Waals surface area contributed by atoms with E-state index < -0.39 is 29.4 Å². The zero-order valence-corrected chi connectivity index (χ0v) is 14.6. The average molecular weight is 376 g/mol. The predicted octanol–water partition coefficient (Wildman–Crippen LogP) is 3.50. The molecule has 2 amide bonds. The van der Waals surface area contributed by atoms with Crippen molar-refractivity contribution in [1.29, 1.82) is 0 Å². The fraction of sp³-hybridized carbons (Fsp3) is 0.211. The van der Waals surface area contributed by atoms with Crippen LogP contribution < -0.4 is 10.6 Å². The summed E-state index contributed by atoms with van der Waals surface area (Å²) in [5, 5.41) is 4.32. The number of esters is 1. The Morgan fingerprint density at radius 1 is 0.963 bits per heavy atom. The van der Waals surface area contributed by atoms with Gasteiger partial charge < -0.3 is 15.4 Å². The van der Waals surface area contributed by atoms with Gasteiger partial charge in [0.1, 0.15) is 11.6 Å². The topological polar surface area (TPSA) is 84.5 Å². The van der Waals surface area contributed by atoms with Crippen LogP contribution >= 0.6 is 0 Å². The molecule has 0 aromatic heterocycles. The Morgan fingerprint density at radius 3 is 2.30 bits per heavy atom. The van der Waals surface area contributed by atoms with Crippen molar-refractivity contribution in [3.8, 4) is 0 Å². The predicted molar refractivity (Wildman–Crippen MR) is 95.2 cm³/mol. The molecule has 0 aliphatic heterocycles. The summed E-state index contributed by atoms with van der Waals surface area (Å²) in [6, 6.07) is 8.54. The van der Waals surface area contributed by atoms with Gasteiger partial charge in [-0.05, 0) is 30.7 Å². The monoisotopic (exact) mass is 376 g/mol. The number of hydrogen-bond acceptors (Lipinski definition) is 4. The molecule has 2 rings (SSSR count). The van der Waals surface area contributed by atoms with Crippen molar-refractivity contribution in [2.45, 2.75) is 19.8 Å². The number of para-hydroxylation sites is 1. The molecule has 27 heavy (non-hydrogen) atoms. The van der Waals surface area contributed by atoms with Gasteiger partial charge in [0.25, 0.3) is 0 Å². The van der Waals surface area contributed by atoms with Crippen LogP contribution in [0.5, 0.6) is 0 Å². The smallest absolute Gasteiger partial charge is 0.340 e. The van der Waals surface area contributed by atoms with E-state index in [1.165, 1.54) is 12.1 Å². The van der Waals surface area contributed by atoms with Gasteiger partial charge in [-0.1, -0.05) is 25.5 Å². The number of carbonyl (C=O) groups is 3. The molecule has 0 spiro atoms. The van der Waals surface area contributed by atoms with Crippen molar-refractivity contribution in [2.24, 2.45) is 0 Å². The van der Waals surface area contributed by atoms with E-state index in [4.69, 9.17) is 4.74 Å². The number of amides is 2. The number of hydrogen-bond donors (Lipinski definition) is 2. The molecule has 8 heteroatoms. The standard InChI is InChI=1S/C19H18F2N2O4/c1-2-3-10-27-19(26)13-6-4-5-7-15(13)22-17(24)18(25)23-16-9-8-12(20)11-14(16)21/h4-9,11H,2-3,10H2,1H3,(H,22,24)(H,23,25). The first-order valence-corrected chi connectivity index (χ1v) is 8.26. The van der Waals surface area contributed by atoms with Gasteiger partial charge in [0.15, 0.2) is 0 Å². The Kier molecular flexibility index (Phi) is 6.99. The van der Waals surface area contributed by atoms with E-state index in [-0.39, 0.29) is 23.5 Å². The molecule has 0 heterocycles. The first-order valence-electron chi connectivity index (χ1n) is 8.26. The molecule has 0 saturated carbocycles. The maximum Gasteiger partial charge on any atom is 0.340 e. The first kappa shape index (κ1) is 20.0. The summed E-state index contributed by atoms with van der Waals surface area (Å²) in [4.78, 5) is 36.1. The van der Waals surface area contributed by atoms with Crippen molar-refractivity contribution in [1.82, 2.24) is 0 Å². The van der Waals surface area contributed by atoms with Crippen LogP contribution in [0.4, 0.5) is 20.2 Å². The van der Waals surface area contributed by atoms with Gasteiger partial charge in [0.2, 0.25) is 0 Å². The molecule has 0 aliphatic rings. The van der Waals surface area contributed by atoms with Crippen LogP contribution in [0.3, 0.4) is 0 Å². The van der Waals surface area contributed by atoms with Crippen LogP contribution in [0.15, 0.2) is 42.5 Å². The number of anilines is 2. The number of unbranched alkanes of at least 4 members (excludes halogenated alkanes) is 1. The molecule has 2 aromatic carbocycles. The van der Waals surface area contributed by atoms with E-state index in [9.17, 15) is 23.2 Å². The highest BCUT2D eigenvalue weighted by Crippen LogP contribution is 2.18.